The molecule has 3 rings (SSSR count). The molecule has 2 atom stereocenters. The molecule has 0 spiro atoms. The van der Waals surface area contributed by atoms with Gasteiger partial charge in [-0.25, -0.2) is 4.79 Å². The molecule has 142 valence electrons. The van der Waals surface area contributed by atoms with Crippen LogP contribution in [0.3, 0.4) is 0 Å². The van der Waals surface area contributed by atoms with Crippen molar-refractivity contribution in [1.82, 2.24) is 4.90 Å². The summed E-state index contributed by atoms with van der Waals surface area (Å²) in [6, 6.07) is 17.9. The normalized spacial score (nSPS) is 18.0. The summed E-state index contributed by atoms with van der Waals surface area (Å²) in [6.07, 6.45) is 1.35. The molecule has 2 amide bonds. The second kappa shape index (κ2) is 8.95. The van der Waals surface area contributed by atoms with Crippen LogP contribution in [-0.2, 0) is 4.79 Å². The van der Waals surface area contributed by atoms with Crippen LogP contribution in [0.25, 0.3) is 0 Å². The lowest BCUT2D eigenvalue weighted by molar-refractivity contribution is -0.143. The Balaban J connectivity index is 1.57. The molecule has 0 bridgehead atoms. The number of carboxylic acids is 1. The summed E-state index contributed by atoms with van der Waals surface area (Å²) in [5, 5.41) is 12.3. The smallest absolute Gasteiger partial charge is 0.321 e. The SMILES string of the molecule is CC(Sc1ccccc1)c1ccc(NC(=O)N2CCCC(C(=O)O)C2)cc1. The molecule has 1 aliphatic rings. The van der Waals surface area contributed by atoms with Gasteiger partial charge in [-0.2, -0.15) is 0 Å². The number of piperidine rings is 1. The monoisotopic (exact) mass is 384 g/mol. The van der Waals surface area contributed by atoms with Crippen molar-refractivity contribution in [2.45, 2.75) is 29.9 Å². The predicted molar refractivity (Wildman–Crippen MR) is 108 cm³/mol. The van der Waals surface area contributed by atoms with E-state index in [-0.39, 0.29) is 12.6 Å². The summed E-state index contributed by atoms with van der Waals surface area (Å²) < 4.78 is 0. The van der Waals surface area contributed by atoms with E-state index in [1.54, 1.807) is 16.7 Å². The fourth-order valence-corrected chi connectivity index (χ4v) is 4.19. The van der Waals surface area contributed by atoms with Crippen LogP contribution < -0.4 is 5.32 Å². The van der Waals surface area contributed by atoms with Crippen LogP contribution in [0, 0.1) is 5.92 Å². The van der Waals surface area contributed by atoms with Crippen molar-refractivity contribution in [3.8, 4) is 0 Å². The molecule has 6 heteroatoms. The van der Waals surface area contributed by atoms with Gasteiger partial charge in [0.15, 0.2) is 0 Å². The van der Waals surface area contributed by atoms with Crippen molar-refractivity contribution in [3.05, 3.63) is 60.2 Å². The van der Waals surface area contributed by atoms with Crippen LogP contribution in [0.2, 0.25) is 0 Å². The Morgan fingerprint density at radius 3 is 2.52 bits per heavy atom. The molecule has 0 aromatic heterocycles. The zero-order valence-electron chi connectivity index (χ0n) is 15.3. The molecule has 2 unspecified atom stereocenters. The van der Waals surface area contributed by atoms with Crippen LogP contribution in [0.15, 0.2) is 59.5 Å². The number of hydrogen-bond acceptors (Lipinski definition) is 3. The maximum absolute atomic E-state index is 12.4. The Bertz CT molecular complexity index is 780. The molecule has 1 aliphatic heterocycles. The van der Waals surface area contributed by atoms with Gasteiger partial charge in [-0.3, -0.25) is 4.79 Å². The number of urea groups is 1. The van der Waals surface area contributed by atoms with Gasteiger partial charge in [0.2, 0.25) is 0 Å². The number of carbonyl (C=O) groups is 2. The van der Waals surface area contributed by atoms with Crippen molar-refractivity contribution in [3.63, 3.8) is 0 Å². The first-order chi connectivity index (χ1) is 13.0. The molecule has 1 heterocycles. The van der Waals surface area contributed by atoms with Gasteiger partial charge in [-0.1, -0.05) is 30.3 Å². The van der Waals surface area contributed by atoms with Crippen LogP contribution >= 0.6 is 11.8 Å². The fraction of sp³-hybridized carbons (Fsp3) is 0.333. The molecule has 0 aliphatic carbocycles. The number of anilines is 1. The van der Waals surface area contributed by atoms with E-state index in [2.05, 4.69) is 24.4 Å². The maximum Gasteiger partial charge on any atom is 0.321 e. The Kier molecular flexibility index (Phi) is 6.40. The minimum absolute atomic E-state index is 0.236. The highest BCUT2D eigenvalue weighted by atomic mass is 32.2. The maximum atomic E-state index is 12.4. The number of carboxylic acid groups (broad SMARTS) is 1. The number of nitrogens with one attached hydrogen (secondary N) is 1. The molecule has 0 saturated carbocycles. The average molecular weight is 385 g/mol. The van der Waals surface area contributed by atoms with E-state index in [1.807, 2.05) is 42.5 Å². The van der Waals surface area contributed by atoms with E-state index in [4.69, 9.17) is 5.11 Å². The second-order valence-corrected chi connectivity index (χ2v) is 8.16. The third kappa shape index (κ3) is 5.26. The Hall–Kier alpha value is -2.47. The Labute approximate surface area is 163 Å². The number of hydrogen-bond donors (Lipinski definition) is 2. The molecule has 5 nitrogen and oxygen atoms in total. The molecule has 0 radical (unpaired) electrons. The first-order valence-electron chi connectivity index (χ1n) is 9.13. The lowest BCUT2D eigenvalue weighted by Gasteiger charge is -2.30. The van der Waals surface area contributed by atoms with Crippen LogP contribution in [0.4, 0.5) is 10.5 Å². The van der Waals surface area contributed by atoms with Gasteiger partial charge in [0, 0.05) is 28.9 Å². The zero-order valence-corrected chi connectivity index (χ0v) is 16.1. The quantitative estimate of drug-likeness (QED) is 0.722. The van der Waals surface area contributed by atoms with Crippen molar-refractivity contribution < 1.29 is 14.7 Å². The van der Waals surface area contributed by atoms with Gasteiger partial charge in [0.05, 0.1) is 5.92 Å². The van der Waals surface area contributed by atoms with E-state index in [0.717, 1.165) is 12.1 Å². The van der Waals surface area contributed by atoms with E-state index in [0.29, 0.717) is 18.2 Å². The first kappa shape index (κ1) is 19.3. The highest BCUT2D eigenvalue weighted by Gasteiger charge is 2.28. The number of nitrogens with zero attached hydrogens (tertiary/aromatic N) is 1. The summed E-state index contributed by atoms with van der Waals surface area (Å²) >= 11 is 1.79. The summed E-state index contributed by atoms with van der Waals surface area (Å²) in [4.78, 5) is 26.4. The van der Waals surface area contributed by atoms with Gasteiger partial charge < -0.3 is 15.3 Å². The zero-order chi connectivity index (χ0) is 19.2. The van der Waals surface area contributed by atoms with Crippen LogP contribution in [-0.4, -0.2) is 35.1 Å². The van der Waals surface area contributed by atoms with Crippen molar-refractivity contribution in [2.24, 2.45) is 5.92 Å². The van der Waals surface area contributed by atoms with Gasteiger partial charge in [0.1, 0.15) is 0 Å². The van der Waals surface area contributed by atoms with E-state index in [1.165, 1.54) is 10.5 Å². The summed E-state index contributed by atoms with van der Waals surface area (Å²) in [7, 11) is 0. The summed E-state index contributed by atoms with van der Waals surface area (Å²) in [6.45, 7) is 3.02. The number of thioether (sulfide) groups is 1. The highest BCUT2D eigenvalue weighted by Crippen LogP contribution is 2.34. The molecular weight excluding hydrogens is 360 g/mol. The molecular formula is C21H24N2O3S. The third-order valence-corrected chi connectivity index (χ3v) is 5.92. The van der Waals surface area contributed by atoms with Crippen LogP contribution in [0.1, 0.15) is 30.6 Å². The van der Waals surface area contributed by atoms with Crippen molar-refractivity contribution in [2.75, 3.05) is 18.4 Å². The molecule has 1 fully saturated rings. The first-order valence-corrected chi connectivity index (χ1v) is 10.0. The molecule has 27 heavy (non-hydrogen) atoms. The lowest BCUT2D eigenvalue weighted by atomic mass is 9.99. The number of rotatable bonds is 5. The molecule has 2 aromatic carbocycles. The minimum atomic E-state index is -0.832. The number of likely N-dealkylation sites (tertiary alicyclic amines) is 1. The second-order valence-electron chi connectivity index (χ2n) is 6.75. The number of carbonyl (C=O) groups excluding carboxylic acids is 1. The number of benzene rings is 2. The average Bonchev–Trinajstić information content (AvgIpc) is 2.69. The lowest BCUT2D eigenvalue weighted by Crippen LogP contribution is -2.44. The van der Waals surface area contributed by atoms with Crippen LogP contribution in [0.5, 0.6) is 0 Å². The predicted octanol–water partition coefficient (Wildman–Crippen LogP) is 4.87. The Morgan fingerprint density at radius 2 is 1.85 bits per heavy atom. The molecule has 1 saturated heterocycles. The van der Waals surface area contributed by atoms with E-state index < -0.39 is 11.9 Å². The van der Waals surface area contributed by atoms with Gasteiger partial charge >= 0.3 is 12.0 Å². The summed E-state index contributed by atoms with van der Waals surface area (Å²) in [5.41, 5.74) is 1.91. The summed E-state index contributed by atoms with van der Waals surface area (Å²) in [5.74, 6) is -1.30. The fourth-order valence-electron chi connectivity index (χ4n) is 3.17. The largest absolute Gasteiger partial charge is 0.481 e. The van der Waals surface area contributed by atoms with Crippen molar-refractivity contribution in [1.29, 1.82) is 0 Å². The minimum Gasteiger partial charge on any atom is -0.481 e. The Morgan fingerprint density at radius 1 is 1.15 bits per heavy atom. The number of aliphatic carboxylic acids is 1. The van der Waals surface area contributed by atoms with Gasteiger partial charge in [0.25, 0.3) is 0 Å². The highest BCUT2D eigenvalue weighted by molar-refractivity contribution is 7.99. The topological polar surface area (TPSA) is 69.6 Å². The standard InChI is InChI=1S/C21H24N2O3S/c1-15(27-19-7-3-2-4-8-19)16-9-11-18(12-10-16)22-21(26)23-13-5-6-17(14-23)20(24)25/h2-4,7-12,15,17H,5-6,13-14H2,1H3,(H,22,26)(H,24,25). The van der Waals surface area contributed by atoms with Gasteiger partial charge in [-0.05, 0) is 49.6 Å². The van der Waals surface area contributed by atoms with Crippen molar-refractivity contribution >= 4 is 29.4 Å². The molecule has 2 N–H and O–H groups in total. The van der Waals surface area contributed by atoms with E-state index in [9.17, 15) is 9.59 Å². The molecule has 2 aromatic rings. The third-order valence-electron chi connectivity index (χ3n) is 4.75. The number of amides is 2. The van der Waals surface area contributed by atoms with E-state index >= 15 is 0 Å². The van der Waals surface area contributed by atoms with Gasteiger partial charge in [-0.15, -0.1) is 11.8 Å².